The van der Waals surface area contributed by atoms with Gasteiger partial charge < -0.3 is 29.1 Å². The summed E-state index contributed by atoms with van der Waals surface area (Å²) in [6.07, 6.45) is 1.24. The van der Waals surface area contributed by atoms with Crippen molar-refractivity contribution in [2.75, 3.05) is 64.1 Å². The first-order valence-corrected chi connectivity index (χ1v) is 13.9. The maximum Gasteiger partial charge on any atom is 0.296 e. The Hall–Kier alpha value is -3.89. The molecule has 210 valence electrons. The number of carbonyl (C=O) groups excluding carboxylic acids is 3. The van der Waals surface area contributed by atoms with Crippen molar-refractivity contribution in [1.82, 2.24) is 9.80 Å². The molecule has 2 amide bonds. The number of fused-ring (bicyclic) bond motifs is 3. The molecule has 0 saturated carbocycles. The van der Waals surface area contributed by atoms with Crippen molar-refractivity contribution in [1.29, 1.82) is 0 Å². The first-order valence-electron chi connectivity index (χ1n) is 13.9. The van der Waals surface area contributed by atoms with Gasteiger partial charge >= 0.3 is 0 Å². The third kappa shape index (κ3) is 4.05. The highest BCUT2D eigenvalue weighted by Gasteiger charge is 2.66. The van der Waals surface area contributed by atoms with Crippen LogP contribution < -0.4 is 14.4 Å². The van der Waals surface area contributed by atoms with Gasteiger partial charge in [0.15, 0.2) is 17.0 Å². The van der Waals surface area contributed by atoms with Crippen LogP contribution in [0.2, 0.25) is 0 Å². The second-order valence-corrected chi connectivity index (χ2v) is 10.4. The Labute approximate surface area is 232 Å². The van der Waals surface area contributed by atoms with Gasteiger partial charge in [0.05, 0.1) is 24.5 Å². The fourth-order valence-electron chi connectivity index (χ4n) is 6.22. The van der Waals surface area contributed by atoms with E-state index < -0.39 is 28.9 Å². The molecule has 0 aromatic heterocycles. The molecule has 0 unspecified atom stereocenters. The number of anilines is 1. The molecular weight excluding hydrogens is 514 g/mol. The number of aliphatic hydroxyl groups is 1. The zero-order valence-corrected chi connectivity index (χ0v) is 22.6. The lowest BCUT2D eigenvalue weighted by Crippen LogP contribution is -2.52. The molecule has 0 aliphatic carbocycles. The van der Waals surface area contributed by atoms with E-state index in [1.54, 1.807) is 35.2 Å². The number of aliphatic hydroxyl groups excluding tert-OH is 1. The molecule has 1 N–H and O–H groups in total. The summed E-state index contributed by atoms with van der Waals surface area (Å²) in [7, 11) is 0. The first kappa shape index (κ1) is 26.3. The van der Waals surface area contributed by atoms with Crippen LogP contribution in [0.25, 0.3) is 5.76 Å². The molecule has 40 heavy (non-hydrogen) atoms. The van der Waals surface area contributed by atoms with Gasteiger partial charge in [0.2, 0.25) is 0 Å². The van der Waals surface area contributed by atoms with Gasteiger partial charge in [-0.05, 0) is 37.1 Å². The molecule has 0 bridgehead atoms. The Morgan fingerprint density at radius 1 is 0.925 bits per heavy atom. The number of hydrogen-bond donors (Lipinski definition) is 1. The van der Waals surface area contributed by atoms with Crippen molar-refractivity contribution in [3.8, 4) is 11.5 Å². The minimum absolute atomic E-state index is 0.180. The SMILES string of the molecule is CCCN1C(=O)[C@]2(C(=C(O)c3ccc4c(c3)OCCO4)C(=O)C(=O)N2CCCN2CCOCC2)c2ccccc21. The second kappa shape index (κ2) is 10.6. The molecule has 4 aliphatic rings. The van der Waals surface area contributed by atoms with Crippen LogP contribution in [-0.2, 0) is 24.7 Å². The monoisotopic (exact) mass is 547 g/mol. The summed E-state index contributed by atoms with van der Waals surface area (Å²) >= 11 is 0. The fraction of sp³-hybridized carbons (Fsp3) is 0.433. The smallest absolute Gasteiger partial charge is 0.296 e. The minimum atomic E-state index is -1.76. The Morgan fingerprint density at radius 3 is 2.45 bits per heavy atom. The predicted octanol–water partition coefficient (Wildman–Crippen LogP) is 2.51. The van der Waals surface area contributed by atoms with Gasteiger partial charge in [-0.15, -0.1) is 0 Å². The molecule has 2 aromatic carbocycles. The molecule has 1 spiro atoms. The molecule has 4 aliphatic heterocycles. The number of morpholine rings is 1. The number of Topliss-reactive ketones (excluding diaryl/α,β-unsaturated/α-hetero) is 1. The van der Waals surface area contributed by atoms with E-state index in [1.807, 2.05) is 19.1 Å². The molecule has 6 rings (SSSR count). The molecule has 4 heterocycles. The van der Waals surface area contributed by atoms with Crippen LogP contribution in [-0.4, -0.2) is 91.7 Å². The summed E-state index contributed by atoms with van der Waals surface area (Å²) in [5, 5.41) is 11.7. The predicted molar refractivity (Wildman–Crippen MR) is 146 cm³/mol. The Kier molecular flexibility index (Phi) is 6.97. The highest BCUT2D eigenvalue weighted by Crippen LogP contribution is 2.54. The normalized spacial score (nSPS) is 23.8. The average molecular weight is 548 g/mol. The number of likely N-dealkylation sites (tertiary alicyclic amines) is 1. The Bertz CT molecular complexity index is 1380. The maximum absolute atomic E-state index is 14.5. The number of ether oxygens (including phenoxy) is 3. The molecular formula is C30H33N3O7. The van der Waals surface area contributed by atoms with Crippen LogP contribution in [0.5, 0.6) is 11.5 Å². The molecule has 2 saturated heterocycles. The van der Waals surface area contributed by atoms with E-state index in [1.165, 1.54) is 4.90 Å². The number of para-hydroxylation sites is 1. The van der Waals surface area contributed by atoms with E-state index in [0.717, 1.165) is 13.1 Å². The summed E-state index contributed by atoms with van der Waals surface area (Å²) in [4.78, 5) is 47.3. The minimum Gasteiger partial charge on any atom is -0.507 e. The van der Waals surface area contributed by atoms with Crippen LogP contribution in [0.3, 0.4) is 0 Å². The number of hydrogen-bond acceptors (Lipinski definition) is 8. The van der Waals surface area contributed by atoms with Crippen LogP contribution in [0.1, 0.15) is 30.9 Å². The lowest BCUT2D eigenvalue weighted by molar-refractivity contribution is -0.143. The molecule has 2 aromatic rings. The fourth-order valence-corrected chi connectivity index (χ4v) is 6.22. The van der Waals surface area contributed by atoms with Gasteiger partial charge in [-0.3, -0.25) is 19.3 Å². The van der Waals surface area contributed by atoms with Crippen molar-refractivity contribution in [2.24, 2.45) is 0 Å². The molecule has 2 fully saturated rings. The third-order valence-corrected chi connectivity index (χ3v) is 8.03. The zero-order valence-electron chi connectivity index (χ0n) is 22.6. The topological polar surface area (TPSA) is 109 Å². The van der Waals surface area contributed by atoms with Crippen molar-refractivity contribution in [2.45, 2.75) is 25.3 Å². The Balaban J connectivity index is 1.48. The number of amides is 2. The Morgan fingerprint density at radius 2 is 1.68 bits per heavy atom. The van der Waals surface area contributed by atoms with Gasteiger partial charge in [0.25, 0.3) is 17.6 Å². The number of nitrogens with zero attached hydrogens (tertiary/aromatic N) is 3. The molecule has 1 atom stereocenters. The lowest BCUT2D eigenvalue weighted by Gasteiger charge is -2.35. The van der Waals surface area contributed by atoms with Gasteiger partial charge in [0.1, 0.15) is 19.0 Å². The second-order valence-electron chi connectivity index (χ2n) is 10.4. The number of ketones is 1. The van der Waals surface area contributed by atoms with Crippen molar-refractivity contribution < 1.29 is 33.7 Å². The van der Waals surface area contributed by atoms with Gasteiger partial charge in [-0.1, -0.05) is 25.1 Å². The van der Waals surface area contributed by atoms with E-state index >= 15 is 0 Å². The van der Waals surface area contributed by atoms with E-state index in [4.69, 9.17) is 14.2 Å². The average Bonchev–Trinajstić information content (AvgIpc) is 3.36. The first-order chi connectivity index (χ1) is 19.5. The van der Waals surface area contributed by atoms with Crippen molar-refractivity contribution in [3.05, 3.63) is 59.2 Å². The molecule has 10 nitrogen and oxygen atoms in total. The van der Waals surface area contributed by atoms with Gasteiger partial charge in [-0.25, -0.2) is 0 Å². The molecule has 10 heteroatoms. The summed E-state index contributed by atoms with van der Waals surface area (Å²) in [5.41, 5.74) is -0.533. The summed E-state index contributed by atoms with van der Waals surface area (Å²) in [5.74, 6) is -1.53. The number of carbonyl (C=O) groups is 3. The highest BCUT2D eigenvalue weighted by atomic mass is 16.6. The zero-order chi connectivity index (χ0) is 27.9. The summed E-state index contributed by atoms with van der Waals surface area (Å²) in [6.45, 7) is 6.91. The van der Waals surface area contributed by atoms with Crippen LogP contribution in [0, 0.1) is 0 Å². The summed E-state index contributed by atoms with van der Waals surface area (Å²) in [6, 6.07) is 12.1. The standard InChI is InChI=1S/C30H33N3O7/c1-2-10-32-22-7-4-3-6-21(22)30(29(32)37)25(26(34)20-8-9-23-24(19-20)40-18-17-39-23)27(35)28(36)33(30)12-5-11-31-13-15-38-16-14-31/h3-4,6-9,19,34H,2,5,10-18H2,1H3/t30-/m1/s1. The molecule has 0 radical (unpaired) electrons. The van der Waals surface area contributed by atoms with E-state index in [9.17, 15) is 19.5 Å². The lowest BCUT2D eigenvalue weighted by atomic mass is 9.81. The van der Waals surface area contributed by atoms with Crippen molar-refractivity contribution >= 4 is 29.0 Å². The van der Waals surface area contributed by atoms with E-state index in [0.29, 0.717) is 75.1 Å². The number of benzene rings is 2. The highest BCUT2D eigenvalue weighted by molar-refractivity contribution is 6.50. The van der Waals surface area contributed by atoms with Gasteiger partial charge in [0, 0.05) is 43.9 Å². The van der Waals surface area contributed by atoms with E-state index in [-0.39, 0.29) is 17.7 Å². The largest absolute Gasteiger partial charge is 0.507 e. The van der Waals surface area contributed by atoms with Crippen LogP contribution in [0.4, 0.5) is 5.69 Å². The van der Waals surface area contributed by atoms with Gasteiger partial charge in [-0.2, -0.15) is 0 Å². The van der Waals surface area contributed by atoms with Crippen molar-refractivity contribution in [3.63, 3.8) is 0 Å². The summed E-state index contributed by atoms with van der Waals surface area (Å²) < 4.78 is 16.7. The van der Waals surface area contributed by atoms with Crippen LogP contribution in [0.15, 0.2) is 48.0 Å². The van der Waals surface area contributed by atoms with E-state index in [2.05, 4.69) is 4.90 Å². The third-order valence-electron chi connectivity index (χ3n) is 8.03. The number of rotatable bonds is 7. The van der Waals surface area contributed by atoms with Crippen LogP contribution >= 0.6 is 0 Å². The quantitative estimate of drug-likeness (QED) is 0.320. The maximum atomic E-state index is 14.5.